The Labute approximate surface area is 137 Å². The summed E-state index contributed by atoms with van der Waals surface area (Å²) in [5.41, 5.74) is 2.09. The van der Waals surface area contributed by atoms with E-state index in [2.05, 4.69) is 27.9 Å². The van der Waals surface area contributed by atoms with Gasteiger partial charge in [-0.1, -0.05) is 19.1 Å². The normalized spacial score (nSPS) is 20.8. The Hall–Kier alpha value is -2.14. The molecule has 1 aliphatic heterocycles. The topological polar surface area (TPSA) is 58.5 Å². The zero-order chi connectivity index (χ0) is 16.4. The molecule has 1 aliphatic rings. The van der Waals surface area contributed by atoms with Crippen LogP contribution in [0.1, 0.15) is 36.5 Å². The third-order valence-electron chi connectivity index (χ3n) is 4.26. The summed E-state index contributed by atoms with van der Waals surface area (Å²) in [7, 11) is 1.67. The van der Waals surface area contributed by atoms with Crippen molar-refractivity contribution in [2.45, 2.75) is 38.8 Å². The van der Waals surface area contributed by atoms with E-state index in [1.165, 1.54) is 0 Å². The number of aliphatic hydroxyl groups is 1. The predicted octanol–water partition coefficient (Wildman–Crippen LogP) is 2.67. The summed E-state index contributed by atoms with van der Waals surface area (Å²) >= 11 is 0. The van der Waals surface area contributed by atoms with Crippen molar-refractivity contribution in [3.05, 3.63) is 47.4 Å². The van der Waals surface area contributed by atoms with Gasteiger partial charge in [0.15, 0.2) is 0 Å². The SMILES string of the molecule is CCc1nc(C)cc(N2C[C@H](O)C[C@@H]2c2cccc(OC)c2)n1. The maximum atomic E-state index is 10.2. The van der Waals surface area contributed by atoms with Crippen LogP contribution in [0.5, 0.6) is 5.75 Å². The van der Waals surface area contributed by atoms with E-state index in [1.807, 2.05) is 31.2 Å². The number of aliphatic hydroxyl groups excluding tert-OH is 1. The number of methoxy groups -OCH3 is 1. The molecule has 0 spiro atoms. The Morgan fingerprint density at radius 3 is 2.87 bits per heavy atom. The maximum absolute atomic E-state index is 10.2. The molecule has 1 saturated heterocycles. The Bertz CT molecular complexity index is 690. The van der Waals surface area contributed by atoms with Crippen LogP contribution in [0.25, 0.3) is 0 Å². The summed E-state index contributed by atoms with van der Waals surface area (Å²) in [6.07, 6.45) is 1.14. The highest BCUT2D eigenvalue weighted by atomic mass is 16.5. The van der Waals surface area contributed by atoms with Gasteiger partial charge in [-0.3, -0.25) is 0 Å². The standard InChI is InChI=1S/C18H23N3O2/c1-4-17-19-12(2)8-18(20-17)21-11-14(22)10-16(21)13-6-5-7-15(9-13)23-3/h5-9,14,16,22H,4,10-11H2,1-3H3/t14-,16-/m1/s1. The summed E-state index contributed by atoms with van der Waals surface area (Å²) in [6, 6.07) is 10.1. The third kappa shape index (κ3) is 3.29. The van der Waals surface area contributed by atoms with Crippen molar-refractivity contribution in [3.8, 4) is 5.75 Å². The molecule has 1 fully saturated rings. The molecule has 0 radical (unpaired) electrons. The first-order valence-corrected chi connectivity index (χ1v) is 8.04. The smallest absolute Gasteiger partial charge is 0.133 e. The summed E-state index contributed by atoms with van der Waals surface area (Å²) in [6.45, 7) is 4.62. The fraction of sp³-hybridized carbons (Fsp3) is 0.444. The number of aryl methyl sites for hydroxylation is 2. The van der Waals surface area contributed by atoms with Crippen LogP contribution in [0.3, 0.4) is 0 Å². The van der Waals surface area contributed by atoms with Gasteiger partial charge in [-0.15, -0.1) is 0 Å². The Morgan fingerprint density at radius 1 is 1.30 bits per heavy atom. The highest BCUT2D eigenvalue weighted by Gasteiger charge is 2.33. The largest absolute Gasteiger partial charge is 0.497 e. The molecule has 5 nitrogen and oxygen atoms in total. The molecule has 1 aromatic heterocycles. The second-order valence-corrected chi connectivity index (χ2v) is 5.97. The minimum atomic E-state index is -0.355. The van der Waals surface area contributed by atoms with E-state index in [9.17, 15) is 5.11 Å². The first kappa shape index (κ1) is 15.7. The van der Waals surface area contributed by atoms with E-state index in [0.29, 0.717) is 13.0 Å². The van der Waals surface area contributed by atoms with Gasteiger partial charge in [-0.2, -0.15) is 0 Å². The van der Waals surface area contributed by atoms with Gasteiger partial charge in [0.25, 0.3) is 0 Å². The van der Waals surface area contributed by atoms with E-state index in [-0.39, 0.29) is 12.1 Å². The second-order valence-electron chi connectivity index (χ2n) is 5.97. The predicted molar refractivity (Wildman–Crippen MR) is 89.9 cm³/mol. The van der Waals surface area contributed by atoms with E-state index in [0.717, 1.165) is 35.1 Å². The van der Waals surface area contributed by atoms with Gasteiger partial charge in [-0.25, -0.2) is 9.97 Å². The van der Waals surface area contributed by atoms with Crippen LogP contribution < -0.4 is 9.64 Å². The summed E-state index contributed by atoms with van der Waals surface area (Å²) in [5, 5.41) is 10.2. The molecule has 0 unspecified atom stereocenters. The summed E-state index contributed by atoms with van der Waals surface area (Å²) < 4.78 is 5.33. The lowest BCUT2D eigenvalue weighted by Crippen LogP contribution is -2.26. The molecular weight excluding hydrogens is 290 g/mol. The summed E-state index contributed by atoms with van der Waals surface area (Å²) in [4.78, 5) is 11.3. The van der Waals surface area contributed by atoms with Gasteiger partial charge in [0.05, 0.1) is 19.3 Å². The van der Waals surface area contributed by atoms with Crippen molar-refractivity contribution in [3.63, 3.8) is 0 Å². The second kappa shape index (κ2) is 6.54. The molecule has 2 atom stereocenters. The quantitative estimate of drug-likeness (QED) is 0.940. The molecule has 0 saturated carbocycles. The molecule has 23 heavy (non-hydrogen) atoms. The molecule has 1 N–H and O–H groups in total. The number of ether oxygens (including phenoxy) is 1. The lowest BCUT2D eigenvalue weighted by Gasteiger charge is -2.26. The lowest BCUT2D eigenvalue weighted by atomic mass is 10.0. The van der Waals surface area contributed by atoms with E-state index >= 15 is 0 Å². The number of hydrogen-bond acceptors (Lipinski definition) is 5. The zero-order valence-electron chi connectivity index (χ0n) is 13.9. The monoisotopic (exact) mass is 313 g/mol. The van der Waals surface area contributed by atoms with Gasteiger partial charge in [0.2, 0.25) is 0 Å². The van der Waals surface area contributed by atoms with Crippen LogP contribution in [0, 0.1) is 6.92 Å². The highest BCUT2D eigenvalue weighted by molar-refractivity contribution is 5.46. The molecule has 122 valence electrons. The fourth-order valence-electron chi connectivity index (χ4n) is 3.15. The first-order chi connectivity index (χ1) is 11.1. The minimum absolute atomic E-state index is 0.0964. The van der Waals surface area contributed by atoms with Crippen molar-refractivity contribution in [2.75, 3.05) is 18.6 Å². The van der Waals surface area contributed by atoms with E-state index in [1.54, 1.807) is 7.11 Å². The molecule has 2 aromatic rings. The van der Waals surface area contributed by atoms with E-state index in [4.69, 9.17) is 4.74 Å². The van der Waals surface area contributed by atoms with Crippen molar-refractivity contribution in [2.24, 2.45) is 0 Å². The van der Waals surface area contributed by atoms with Crippen LogP contribution in [-0.2, 0) is 6.42 Å². The van der Waals surface area contributed by atoms with Gasteiger partial charge in [0, 0.05) is 24.7 Å². The van der Waals surface area contributed by atoms with Crippen molar-refractivity contribution in [1.82, 2.24) is 9.97 Å². The number of β-amino-alcohol motifs (C(OH)–C–C–N with tert-alkyl or cyclic N) is 1. The number of hydrogen-bond donors (Lipinski definition) is 1. The van der Waals surface area contributed by atoms with Gasteiger partial charge in [-0.05, 0) is 31.0 Å². The van der Waals surface area contributed by atoms with Crippen LogP contribution in [0.2, 0.25) is 0 Å². The number of anilines is 1. The van der Waals surface area contributed by atoms with E-state index < -0.39 is 0 Å². The number of nitrogens with zero attached hydrogens (tertiary/aromatic N) is 3. The molecule has 1 aromatic carbocycles. The van der Waals surface area contributed by atoms with Crippen molar-refractivity contribution < 1.29 is 9.84 Å². The van der Waals surface area contributed by atoms with Crippen LogP contribution >= 0.6 is 0 Å². The van der Waals surface area contributed by atoms with Crippen LogP contribution in [0.4, 0.5) is 5.82 Å². The van der Waals surface area contributed by atoms with Crippen LogP contribution in [-0.4, -0.2) is 34.8 Å². The third-order valence-corrected chi connectivity index (χ3v) is 4.26. The molecule has 3 rings (SSSR count). The minimum Gasteiger partial charge on any atom is -0.497 e. The number of rotatable bonds is 4. The average molecular weight is 313 g/mol. The fourth-order valence-corrected chi connectivity index (χ4v) is 3.15. The summed E-state index contributed by atoms with van der Waals surface area (Å²) in [5.74, 6) is 2.56. The van der Waals surface area contributed by atoms with Crippen molar-refractivity contribution in [1.29, 1.82) is 0 Å². The molecule has 0 amide bonds. The molecule has 0 bridgehead atoms. The Morgan fingerprint density at radius 2 is 2.13 bits per heavy atom. The highest BCUT2D eigenvalue weighted by Crippen LogP contribution is 2.36. The maximum Gasteiger partial charge on any atom is 0.133 e. The Balaban J connectivity index is 1.98. The average Bonchev–Trinajstić information content (AvgIpc) is 2.96. The first-order valence-electron chi connectivity index (χ1n) is 8.04. The molecule has 0 aliphatic carbocycles. The lowest BCUT2D eigenvalue weighted by molar-refractivity contribution is 0.194. The zero-order valence-corrected chi connectivity index (χ0v) is 13.9. The molecule has 5 heteroatoms. The Kier molecular flexibility index (Phi) is 4.48. The molecule has 2 heterocycles. The van der Waals surface area contributed by atoms with Gasteiger partial charge >= 0.3 is 0 Å². The van der Waals surface area contributed by atoms with Gasteiger partial charge in [0.1, 0.15) is 17.4 Å². The van der Waals surface area contributed by atoms with Crippen molar-refractivity contribution >= 4 is 5.82 Å². The van der Waals surface area contributed by atoms with Crippen LogP contribution in [0.15, 0.2) is 30.3 Å². The number of aromatic nitrogens is 2. The molecular formula is C18H23N3O2. The van der Waals surface area contributed by atoms with Gasteiger partial charge < -0.3 is 14.7 Å². The number of benzene rings is 1.